The van der Waals surface area contributed by atoms with Gasteiger partial charge >= 0.3 is 0 Å². The molecule has 2 aliphatic rings. The Hall–Kier alpha value is -4.72. The molecule has 0 aliphatic carbocycles. The van der Waals surface area contributed by atoms with Crippen LogP contribution in [0.25, 0.3) is 33.4 Å². The molecule has 6 aromatic rings. The van der Waals surface area contributed by atoms with Crippen molar-refractivity contribution in [3.8, 4) is 22.5 Å². The summed E-state index contributed by atoms with van der Waals surface area (Å²) in [6.07, 6.45) is 5.61. The standard InChI is InChI=1S/C39H38Cl2N8O3S/c1-25(26-10-12-28(40)13-11-26)48-24-43-35(27-7-3-2-4-8-27)37(48)34-31-15-14-29(41)23-33(31)45-36(34)39(50)46-32-9-5-18-42-38(32)47-21-16-30(17-22-47)49-20-6-19-44-53(49,51)52/h2-5,7-15,18,23-25,30,44-45H,6,16-17,19-22H2,1H3,(H,46,50)/t25-/m0/s1. The molecule has 1 amide bonds. The van der Waals surface area contributed by atoms with Crippen LogP contribution >= 0.6 is 23.2 Å². The van der Waals surface area contributed by atoms with E-state index in [-0.39, 0.29) is 18.0 Å². The number of anilines is 2. The van der Waals surface area contributed by atoms with Gasteiger partial charge in [-0.1, -0.05) is 71.7 Å². The number of nitrogens with zero attached hydrogens (tertiary/aromatic N) is 5. The Morgan fingerprint density at radius 2 is 1.68 bits per heavy atom. The van der Waals surface area contributed by atoms with Crippen molar-refractivity contribution in [2.75, 3.05) is 36.4 Å². The zero-order chi connectivity index (χ0) is 36.7. The van der Waals surface area contributed by atoms with E-state index in [9.17, 15) is 13.2 Å². The third kappa shape index (κ3) is 6.93. The summed E-state index contributed by atoms with van der Waals surface area (Å²) in [7, 11) is -3.47. The quantitative estimate of drug-likeness (QED) is 0.145. The number of carbonyl (C=O) groups is 1. The molecule has 14 heteroatoms. The van der Waals surface area contributed by atoms with E-state index in [1.54, 1.807) is 16.6 Å². The minimum Gasteiger partial charge on any atom is -0.355 e. The second-order valence-electron chi connectivity index (χ2n) is 13.4. The lowest BCUT2D eigenvalue weighted by atomic mass is 9.99. The number of fused-ring (bicyclic) bond motifs is 1. The molecule has 5 heterocycles. The maximum Gasteiger partial charge on any atom is 0.279 e. The Kier molecular flexibility index (Phi) is 9.73. The van der Waals surface area contributed by atoms with Crippen LogP contribution in [0, 0.1) is 0 Å². The van der Waals surface area contributed by atoms with Crippen LogP contribution in [0.1, 0.15) is 48.3 Å². The van der Waals surface area contributed by atoms with Crippen LogP contribution in [0.15, 0.2) is 97.5 Å². The van der Waals surface area contributed by atoms with E-state index in [2.05, 4.69) is 36.4 Å². The first-order valence-corrected chi connectivity index (χ1v) is 19.8. The van der Waals surface area contributed by atoms with Crippen LogP contribution in [0.2, 0.25) is 10.0 Å². The summed E-state index contributed by atoms with van der Waals surface area (Å²) in [6, 6.07) is 26.6. The molecule has 0 bridgehead atoms. The number of halogens is 2. The smallest absolute Gasteiger partial charge is 0.279 e. The Bertz CT molecular complexity index is 2390. The molecule has 1 atom stereocenters. The molecule has 2 fully saturated rings. The fourth-order valence-electron chi connectivity index (χ4n) is 7.51. The molecule has 8 rings (SSSR count). The molecular weight excluding hydrogens is 731 g/mol. The number of hydrogen-bond acceptors (Lipinski definition) is 6. The fourth-order valence-corrected chi connectivity index (χ4v) is 9.35. The third-order valence-corrected chi connectivity index (χ3v) is 12.3. The topological polar surface area (TPSA) is 128 Å². The van der Waals surface area contributed by atoms with Gasteiger partial charge in [-0.25, -0.2) is 14.7 Å². The van der Waals surface area contributed by atoms with Crippen LogP contribution in [0.3, 0.4) is 0 Å². The predicted octanol–water partition coefficient (Wildman–Crippen LogP) is 7.77. The number of nitrogens with one attached hydrogen (secondary N) is 3. The highest BCUT2D eigenvalue weighted by molar-refractivity contribution is 7.87. The second kappa shape index (κ2) is 14.6. The maximum absolute atomic E-state index is 14.6. The van der Waals surface area contributed by atoms with Gasteiger partial charge in [0.15, 0.2) is 5.82 Å². The Morgan fingerprint density at radius 3 is 2.43 bits per heavy atom. The largest absolute Gasteiger partial charge is 0.355 e. The summed E-state index contributed by atoms with van der Waals surface area (Å²) in [5.74, 6) is 0.277. The highest BCUT2D eigenvalue weighted by atomic mass is 35.5. The monoisotopic (exact) mass is 768 g/mol. The summed E-state index contributed by atoms with van der Waals surface area (Å²) in [6.45, 7) is 4.27. The van der Waals surface area contributed by atoms with E-state index in [4.69, 9.17) is 28.2 Å². The lowest BCUT2D eigenvalue weighted by Gasteiger charge is -2.40. The Morgan fingerprint density at radius 1 is 0.925 bits per heavy atom. The van der Waals surface area contributed by atoms with Gasteiger partial charge in [-0.3, -0.25) is 4.79 Å². The number of piperidine rings is 1. The van der Waals surface area contributed by atoms with Crippen molar-refractivity contribution in [3.05, 3.63) is 119 Å². The fraction of sp³-hybridized carbons (Fsp3) is 0.256. The summed E-state index contributed by atoms with van der Waals surface area (Å²) in [5, 5.41) is 5.17. The summed E-state index contributed by atoms with van der Waals surface area (Å²) >= 11 is 12.8. The average Bonchev–Trinajstić information content (AvgIpc) is 3.77. The average molecular weight is 770 g/mol. The van der Waals surface area contributed by atoms with E-state index < -0.39 is 10.2 Å². The van der Waals surface area contributed by atoms with Crippen LogP contribution < -0.4 is 14.9 Å². The van der Waals surface area contributed by atoms with Gasteiger partial charge in [0, 0.05) is 70.5 Å². The first-order chi connectivity index (χ1) is 25.7. The number of benzene rings is 3. The minimum atomic E-state index is -3.47. The predicted molar refractivity (Wildman–Crippen MR) is 211 cm³/mol. The van der Waals surface area contributed by atoms with Gasteiger partial charge in [-0.15, -0.1) is 0 Å². The van der Waals surface area contributed by atoms with Gasteiger partial charge in [0.1, 0.15) is 5.69 Å². The highest BCUT2D eigenvalue weighted by Crippen LogP contribution is 2.42. The van der Waals surface area contributed by atoms with Crippen molar-refractivity contribution in [2.24, 2.45) is 0 Å². The number of carbonyl (C=O) groups excluding carboxylic acids is 1. The van der Waals surface area contributed by atoms with E-state index in [1.165, 1.54) is 0 Å². The lowest BCUT2D eigenvalue weighted by molar-refractivity contribution is 0.102. The van der Waals surface area contributed by atoms with Crippen molar-refractivity contribution in [1.82, 2.24) is 28.5 Å². The number of aromatic nitrogens is 4. The van der Waals surface area contributed by atoms with Gasteiger partial charge < -0.3 is 19.8 Å². The van der Waals surface area contributed by atoms with Gasteiger partial charge in [0.2, 0.25) is 0 Å². The molecule has 3 aromatic carbocycles. The molecule has 0 spiro atoms. The van der Waals surface area contributed by atoms with Crippen molar-refractivity contribution < 1.29 is 13.2 Å². The number of aromatic amines is 1. The van der Waals surface area contributed by atoms with E-state index >= 15 is 0 Å². The maximum atomic E-state index is 14.6. The number of hydrogen-bond donors (Lipinski definition) is 3. The summed E-state index contributed by atoms with van der Waals surface area (Å²) < 4.78 is 31.8. The molecule has 272 valence electrons. The first-order valence-electron chi connectivity index (χ1n) is 17.6. The van der Waals surface area contributed by atoms with E-state index in [1.807, 2.05) is 85.2 Å². The van der Waals surface area contributed by atoms with Crippen LogP contribution in [0.5, 0.6) is 0 Å². The van der Waals surface area contributed by atoms with E-state index in [0.29, 0.717) is 77.3 Å². The van der Waals surface area contributed by atoms with Crippen LogP contribution in [-0.2, 0) is 10.2 Å². The van der Waals surface area contributed by atoms with Crippen molar-refractivity contribution in [1.29, 1.82) is 0 Å². The number of H-pyrrole nitrogens is 1. The normalized spacial score (nSPS) is 17.2. The minimum absolute atomic E-state index is 0.0922. The molecule has 0 saturated carbocycles. The van der Waals surface area contributed by atoms with Gasteiger partial charge in [-0.05, 0) is 68.1 Å². The van der Waals surface area contributed by atoms with Crippen LogP contribution in [0.4, 0.5) is 11.5 Å². The van der Waals surface area contributed by atoms with Crippen molar-refractivity contribution in [3.63, 3.8) is 0 Å². The first kappa shape index (κ1) is 35.3. The summed E-state index contributed by atoms with van der Waals surface area (Å²) in [4.78, 5) is 29.8. The Labute approximate surface area is 318 Å². The SMILES string of the molecule is C[C@@H](c1ccc(Cl)cc1)n1cnc(-c2ccccc2)c1-c1c(C(=O)Nc2cccnc2N2CCC(N3CCCNS3(=O)=O)CC2)[nH]c2cc(Cl)ccc12. The number of amides is 1. The van der Waals surface area contributed by atoms with Crippen LogP contribution in [-0.4, -0.2) is 70.4 Å². The highest BCUT2D eigenvalue weighted by Gasteiger charge is 2.35. The van der Waals surface area contributed by atoms with Gasteiger partial charge in [0.05, 0.1) is 29.4 Å². The zero-order valence-corrected chi connectivity index (χ0v) is 31.3. The molecule has 3 N–H and O–H groups in total. The zero-order valence-electron chi connectivity index (χ0n) is 29.0. The molecule has 3 aromatic heterocycles. The number of pyridine rings is 1. The lowest BCUT2D eigenvalue weighted by Crippen LogP contribution is -2.54. The van der Waals surface area contributed by atoms with Crippen molar-refractivity contribution in [2.45, 2.75) is 38.3 Å². The number of rotatable bonds is 8. The molecule has 2 saturated heterocycles. The third-order valence-electron chi connectivity index (χ3n) is 10.2. The van der Waals surface area contributed by atoms with Crippen molar-refractivity contribution >= 4 is 61.7 Å². The molecule has 53 heavy (non-hydrogen) atoms. The number of imidazole rings is 1. The molecule has 0 unspecified atom stereocenters. The van der Waals surface area contributed by atoms with Gasteiger partial charge in [-0.2, -0.15) is 12.7 Å². The van der Waals surface area contributed by atoms with Gasteiger partial charge in [0.25, 0.3) is 16.1 Å². The summed E-state index contributed by atoms with van der Waals surface area (Å²) in [5.41, 5.74) is 5.73. The molecular formula is C39H38Cl2N8O3S. The molecule has 2 aliphatic heterocycles. The molecule has 11 nitrogen and oxygen atoms in total. The van der Waals surface area contributed by atoms with E-state index in [0.717, 1.165) is 34.3 Å². The Balaban J connectivity index is 1.17. The molecule has 0 radical (unpaired) electrons. The second-order valence-corrected chi connectivity index (χ2v) is 16.0.